The summed E-state index contributed by atoms with van der Waals surface area (Å²) in [6, 6.07) is 20.4. The smallest absolute Gasteiger partial charge is 0.123 e. The predicted octanol–water partition coefficient (Wildman–Crippen LogP) is 5.35. The topological polar surface area (TPSA) is 40.3 Å². The van der Waals surface area contributed by atoms with Crippen molar-refractivity contribution >= 4 is 10.9 Å². The number of rotatable bonds is 7. The van der Waals surface area contributed by atoms with Crippen LogP contribution in [0.15, 0.2) is 66.9 Å². The molecule has 4 nitrogen and oxygen atoms in total. The quantitative estimate of drug-likeness (QED) is 0.395. The van der Waals surface area contributed by atoms with Crippen LogP contribution in [0, 0.1) is 5.82 Å². The van der Waals surface area contributed by atoms with E-state index in [0.29, 0.717) is 12.6 Å². The fourth-order valence-corrected chi connectivity index (χ4v) is 5.54. The lowest BCUT2D eigenvalue weighted by atomic mass is 9.93. The van der Waals surface area contributed by atoms with Gasteiger partial charge in [0.1, 0.15) is 18.2 Å². The minimum atomic E-state index is -0.181. The van der Waals surface area contributed by atoms with Crippen molar-refractivity contribution in [3.05, 3.63) is 100 Å². The van der Waals surface area contributed by atoms with E-state index in [9.17, 15) is 4.39 Å². The zero-order valence-corrected chi connectivity index (χ0v) is 19.3. The molecular formula is C29H30FN3O. The monoisotopic (exact) mass is 455 g/mol. The summed E-state index contributed by atoms with van der Waals surface area (Å²) in [4.78, 5) is 5.86. The minimum Gasteiger partial charge on any atom is -0.492 e. The average molecular weight is 456 g/mol. The van der Waals surface area contributed by atoms with Crippen molar-refractivity contribution in [2.75, 3.05) is 13.2 Å². The molecule has 0 amide bonds. The predicted molar refractivity (Wildman–Crippen MR) is 133 cm³/mol. The van der Waals surface area contributed by atoms with Gasteiger partial charge in [0.15, 0.2) is 0 Å². The molecule has 174 valence electrons. The van der Waals surface area contributed by atoms with Gasteiger partial charge in [-0.2, -0.15) is 0 Å². The number of H-pyrrole nitrogens is 1. The molecular weight excluding hydrogens is 425 g/mol. The number of hydrogen-bond donors (Lipinski definition) is 2. The first-order valence-electron chi connectivity index (χ1n) is 12.3. The van der Waals surface area contributed by atoms with Crippen LogP contribution in [0.5, 0.6) is 5.75 Å². The van der Waals surface area contributed by atoms with Gasteiger partial charge in [0, 0.05) is 48.3 Å². The number of ether oxygens (including phenoxy) is 1. The van der Waals surface area contributed by atoms with Gasteiger partial charge < -0.3 is 15.0 Å². The molecule has 3 heterocycles. The highest BCUT2D eigenvalue weighted by Crippen LogP contribution is 2.34. The number of halogens is 1. The molecule has 1 unspecified atom stereocenters. The second-order valence-corrected chi connectivity index (χ2v) is 9.52. The van der Waals surface area contributed by atoms with Gasteiger partial charge in [0.05, 0.1) is 0 Å². The average Bonchev–Trinajstić information content (AvgIpc) is 3.51. The highest BCUT2D eigenvalue weighted by Gasteiger charge is 2.29. The number of nitrogens with zero attached hydrogens (tertiary/aromatic N) is 1. The van der Waals surface area contributed by atoms with Gasteiger partial charge in [0.2, 0.25) is 0 Å². The first-order chi connectivity index (χ1) is 16.7. The molecule has 4 aromatic rings. The van der Waals surface area contributed by atoms with Gasteiger partial charge in [-0.25, -0.2) is 4.39 Å². The SMILES string of the molecule is Fc1ccc2[nH]cc(CCCN(Cc3ccccc3)C3COc4ccc5c(c4C3)CNC5)c2c1. The molecule has 0 spiro atoms. The third-order valence-electron chi connectivity index (χ3n) is 7.34. The Morgan fingerprint density at radius 3 is 2.82 bits per heavy atom. The molecule has 2 aliphatic heterocycles. The molecule has 0 bridgehead atoms. The Morgan fingerprint density at radius 2 is 1.91 bits per heavy atom. The van der Waals surface area contributed by atoms with E-state index in [1.165, 1.54) is 33.9 Å². The highest BCUT2D eigenvalue weighted by atomic mass is 19.1. The number of aryl methyl sites for hydroxylation is 1. The number of benzene rings is 3. The number of fused-ring (bicyclic) bond motifs is 4. The Bertz CT molecular complexity index is 1300. The third kappa shape index (κ3) is 4.22. The van der Waals surface area contributed by atoms with Gasteiger partial charge in [0.25, 0.3) is 0 Å². The molecule has 0 saturated carbocycles. The van der Waals surface area contributed by atoms with Crippen LogP contribution in [-0.4, -0.2) is 29.1 Å². The van der Waals surface area contributed by atoms with Crippen molar-refractivity contribution in [2.24, 2.45) is 0 Å². The van der Waals surface area contributed by atoms with Crippen molar-refractivity contribution in [3.63, 3.8) is 0 Å². The molecule has 34 heavy (non-hydrogen) atoms. The van der Waals surface area contributed by atoms with Crippen LogP contribution in [0.1, 0.15) is 34.2 Å². The van der Waals surface area contributed by atoms with Gasteiger partial charge in [-0.3, -0.25) is 4.90 Å². The first-order valence-corrected chi connectivity index (χ1v) is 12.3. The maximum Gasteiger partial charge on any atom is 0.123 e. The maximum atomic E-state index is 13.8. The van der Waals surface area contributed by atoms with E-state index in [0.717, 1.165) is 62.1 Å². The normalized spacial score (nSPS) is 17.1. The van der Waals surface area contributed by atoms with E-state index in [-0.39, 0.29) is 5.82 Å². The lowest BCUT2D eigenvalue weighted by Crippen LogP contribution is -2.43. The fraction of sp³-hybridized carbons (Fsp3) is 0.310. The van der Waals surface area contributed by atoms with Gasteiger partial charge in [-0.1, -0.05) is 36.4 Å². The second-order valence-electron chi connectivity index (χ2n) is 9.52. The number of aromatic nitrogens is 1. The fourth-order valence-electron chi connectivity index (χ4n) is 5.54. The van der Waals surface area contributed by atoms with Crippen molar-refractivity contribution in [1.29, 1.82) is 0 Å². The Morgan fingerprint density at radius 1 is 1.00 bits per heavy atom. The Labute approximate surface area is 199 Å². The second kappa shape index (κ2) is 9.24. The van der Waals surface area contributed by atoms with Gasteiger partial charge >= 0.3 is 0 Å². The number of aromatic amines is 1. The molecule has 1 aromatic heterocycles. The number of hydrogen-bond acceptors (Lipinski definition) is 3. The molecule has 0 aliphatic carbocycles. The molecule has 0 saturated heterocycles. The molecule has 2 aliphatic rings. The van der Waals surface area contributed by atoms with Crippen LogP contribution >= 0.6 is 0 Å². The van der Waals surface area contributed by atoms with Crippen molar-refractivity contribution in [1.82, 2.24) is 15.2 Å². The molecule has 3 aromatic carbocycles. The zero-order chi connectivity index (χ0) is 22.9. The summed E-state index contributed by atoms with van der Waals surface area (Å²) >= 11 is 0. The first kappa shape index (κ1) is 21.4. The summed E-state index contributed by atoms with van der Waals surface area (Å²) in [5.41, 5.74) is 7.72. The lowest BCUT2D eigenvalue weighted by molar-refractivity contribution is 0.111. The molecule has 0 radical (unpaired) electrons. The van der Waals surface area contributed by atoms with Crippen LogP contribution in [0.4, 0.5) is 4.39 Å². The largest absolute Gasteiger partial charge is 0.492 e. The highest BCUT2D eigenvalue weighted by molar-refractivity contribution is 5.83. The summed E-state index contributed by atoms with van der Waals surface area (Å²) in [5.74, 6) is 0.873. The summed E-state index contributed by atoms with van der Waals surface area (Å²) in [5, 5.41) is 4.48. The van der Waals surface area contributed by atoms with E-state index < -0.39 is 0 Å². The summed E-state index contributed by atoms with van der Waals surface area (Å²) in [6.07, 6.45) is 4.97. The summed E-state index contributed by atoms with van der Waals surface area (Å²) in [6.45, 7) is 4.47. The Balaban J connectivity index is 1.21. The summed E-state index contributed by atoms with van der Waals surface area (Å²) in [7, 11) is 0. The van der Waals surface area contributed by atoms with Crippen molar-refractivity contribution in [3.8, 4) is 5.75 Å². The van der Waals surface area contributed by atoms with E-state index in [1.807, 2.05) is 12.3 Å². The maximum absolute atomic E-state index is 13.8. The van der Waals surface area contributed by atoms with E-state index in [2.05, 4.69) is 57.7 Å². The molecule has 2 N–H and O–H groups in total. The van der Waals surface area contributed by atoms with Gasteiger partial charge in [-0.15, -0.1) is 0 Å². The van der Waals surface area contributed by atoms with Crippen LogP contribution < -0.4 is 10.1 Å². The lowest BCUT2D eigenvalue weighted by Gasteiger charge is -2.36. The Hall–Kier alpha value is -3.15. The van der Waals surface area contributed by atoms with Crippen LogP contribution in [0.25, 0.3) is 10.9 Å². The zero-order valence-electron chi connectivity index (χ0n) is 19.3. The van der Waals surface area contributed by atoms with Crippen LogP contribution in [0.3, 0.4) is 0 Å². The number of nitrogens with one attached hydrogen (secondary N) is 2. The van der Waals surface area contributed by atoms with Gasteiger partial charge in [-0.05, 0) is 72.3 Å². The summed E-state index contributed by atoms with van der Waals surface area (Å²) < 4.78 is 20.1. The minimum absolute atomic E-state index is 0.181. The van der Waals surface area contributed by atoms with Crippen LogP contribution in [0.2, 0.25) is 0 Å². The van der Waals surface area contributed by atoms with E-state index in [1.54, 1.807) is 6.07 Å². The van der Waals surface area contributed by atoms with E-state index in [4.69, 9.17) is 4.74 Å². The van der Waals surface area contributed by atoms with E-state index >= 15 is 0 Å². The Kier molecular flexibility index (Phi) is 5.81. The third-order valence-corrected chi connectivity index (χ3v) is 7.34. The standard InChI is InChI=1S/C29H30FN3O/c30-23-9-10-28-25(13-23)21(16-32-28)7-4-12-33(18-20-5-2-1-3-6-20)24-14-26-27-17-31-15-22(27)8-11-29(26)34-19-24/h1-3,5-6,8-11,13,16,24,31-32H,4,7,12,14-15,17-19H2. The molecule has 1 atom stereocenters. The molecule has 5 heteroatoms. The van der Waals surface area contributed by atoms with Crippen molar-refractivity contribution in [2.45, 2.75) is 44.9 Å². The van der Waals surface area contributed by atoms with Crippen molar-refractivity contribution < 1.29 is 9.13 Å². The molecule has 6 rings (SSSR count). The van der Waals surface area contributed by atoms with Crippen LogP contribution in [-0.2, 0) is 32.5 Å². The molecule has 0 fully saturated rings.